The normalized spacial score (nSPS) is 13.4. The highest BCUT2D eigenvalue weighted by Gasteiger charge is 2.10. The van der Waals surface area contributed by atoms with Crippen LogP contribution in [0.15, 0.2) is 6.20 Å². The van der Waals surface area contributed by atoms with Crippen LogP contribution in [0.5, 0.6) is 0 Å². The van der Waals surface area contributed by atoms with Crippen LogP contribution in [0.1, 0.15) is 45.9 Å². The Morgan fingerprint density at radius 2 is 2.12 bits per heavy atom. The zero-order valence-corrected chi connectivity index (χ0v) is 12.7. The van der Waals surface area contributed by atoms with Crippen LogP contribution < -0.4 is 0 Å². The average Bonchev–Trinajstić information content (AvgIpc) is 2.59. The zero-order chi connectivity index (χ0) is 12.1. The molecule has 16 heavy (non-hydrogen) atoms. The van der Waals surface area contributed by atoms with Gasteiger partial charge in [0.15, 0.2) is 0 Å². The first kappa shape index (κ1) is 14.0. The molecular weight excluding hydrogens is 315 g/mol. The second-order valence-corrected chi connectivity index (χ2v) is 5.73. The fourth-order valence-corrected chi connectivity index (χ4v) is 1.86. The monoisotopic (exact) mass is 336 g/mol. The molecule has 4 heteroatoms. The highest BCUT2D eigenvalue weighted by molar-refractivity contribution is 14.1. The van der Waals surface area contributed by atoms with Crippen molar-refractivity contribution in [1.29, 1.82) is 0 Å². The fraction of sp³-hybridized carbons (Fsp3) is 0.750. The molecule has 0 saturated heterocycles. The Hall–Kier alpha value is -0.100. The molecule has 0 fully saturated rings. The van der Waals surface area contributed by atoms with E-state index in [0.29, 0.717) is 18.6 Å². The van der Waals surface area contributed by atoms with Crippen LogP contribution in [0.25, 0.3) is 0 Å². The van der Waals surface area contributed by atoms with E-state index in [1.54, 1.807) is 0 Å². The molecule has 0 aromatic carbocycles. The molecular formula is C12H21IN2O. The Morgan fingerprint density at radius 1 is 1.44 bits per heavy atom. The number of hydrogen-bond acceptors (Lipinski definition) is 2. The van der Waals surface area contributed by atoms with Crippen molar-refractivity contribution in [3.8, 4) is 0 Å². The van der Waals surface area contributed by atoms with E-state index in [1.165, 1.54) is 3.57 Å². The highest BCUT2D eigenvalue weighted by Crippen LogP contribution is 2.16. The van der Waals surface area contributed by atoms with Gasteiger partial charge in [0.2, 0.25) is 0 Å². The lowest BCUT2D eigenvalue weighted by Crippen LogP contribution is -2.06. The maximum Gasteiger partial charge on any atom is 0.101 e. The predicted octanol–water partition coefficient (Wildman–Crippen LogP) is 3.63. The van der Waals surface area contributed by atoms with E-state index >= 15 is 0 Å². The van der Waals surface area contributed by atoms with E-state index in [2.05, 4.69) is 61.6 Å². The number of aromatic nitrogens is 2. The first-order valence-corrected chi connectivity index (χ1v) is 6.93. The number of rotatable bonds is 6. The lowest BCUT2D eigenvalue weighted by molar-refractivity contribution is 0.0938. The van der Waals surface area contributed by atoms with Crippen molar-refractivity contribution in [3.63, 3.8) is 0 Å². The summed E-state index contributed by atoms with van der Waals surface area (Å²) in [7, 11) is 0. The second kappa shape index (κ2) is 6.59. The third-order valence-corrected chi connectivity index (χ3v) is 3.39. The van der Waals surface area contributed by atoms with Gasteiger partial charge in [-0.1, -0.05) is 20.8 Å². The molecule has 1 heterocycles. The zero-order valence-electron chi connectivity index (χ0n) is 10.5. The smallest absolute Gasteiger partial charge is 0.101 e. The molecule has 0 bridgehead atoms. The van der Waals surface area contributed by atoms with E-state index < -0.39 is 0 Å². The predicted molar refractivity (Wildman–Crippen MR) is 74.4 cm³/mol. The lowest BCUT2D eigenvalue weighted by atomic mass is 10.2. The molecule has 0 spiro atoms. The Bertz CT molecular complexity index is 323. The van der Waals surface area contributed by atoms with Gasteiger partial charge in [0, 0.05) is 18.8 Å². The molecule has 0 aliphatic rings. The standard InChI is InChI=1S/C12H21IN2O/c1-5-10(4)15-6-11(13)12(14-15)8-16-7-9(2)3/h6,9-10H,5,7-8H2,1-4H3. The lowest BCUT2D eigenvalue weighted by Gasteiger charge is -2.08. The first-order valence-electron chi connectivity index (χ1n) is 5.85. The molecule has 0 aliphatic heterocycles. The van der Waals surface area contributed by atoms with Crippen molar-refractivity contribution >= 4 is 22.6 Å². The Balaban J connectivity index is 2.56. The third-order valence-electron chi connectivity index (χ3n) is 2.49. The van der Waals surface area contributed by atoms with Crippen molar-refractivity contribution in [2.45, 2.75) is 46.8 Å². The van der Waals surface area contributed by atoms with Crippen LogP contribution in [0.3, 0.4) is 0 Å². The summed E-state index contributed by atoms with van der Waals surface area (Å²) in [6.07, 6.45) is 3.20. The van der Waals surface area contributed by atoms with Crippen LogP contribution in [-0.2, 0) is 11.3 Å². The summed E-state index contributed by atoms with van der Waals surface area (Å²) >= 11 is 2.32. The SMILES string of the molecule is CCC(C)n1cc(I)c(COCC(C)C)n1. The molecule has 1 atom stereocenters. The van der Waals surface area contributed by atoms with Gasteiger partial charge in [-0.3, -0.25) is 4.68 Å². The fourth-order valence-electron chi connectivity index (χ4n) is 1.31. The van der Waals surface area contributed by atoms with Gasteiger partial charge in [-0.2, -0.15) is 5.10 Å². The molecule has 1 aromatic heterocycles. The third kappa shape index (κ3) is 4.05. The van der Waals surface area contributed by atoms with Gasteiger partial charge in [-0.15, -0.1) is 0 Å². The summed E-state index contributed by atoms with van der Waals surface area (Å²) in [6.45, 7) is 10.1. The average molecular weight is 336 g/mol. The van der Waals surface area contributed by atoms with E-state index in [1.807, 2.05) is 4.68 Å². The van der Waals surface area contributed by atoms with Gasteiger partial charge >= 0.3 is 0 Å². The van der Waals surface area contributed by atoms with Gasteiger partial charge < -0.3 is 4.74 Å². The van der Waals surface area contributed by atoms with Crippen molar-refractivity contribution < 1.29 is 4.74 Å². The topological polar surface area (TPSA) is 27.1 Å². The van der Waals surface area contributed by atoms with Gasteiger partial charge in [0.05, 0.1) is 10.2 Å². The number of hydrogen-bond donors (Lipinski definition) is 0. The Kier molecular flexibility index (Phi) is 5.75. The largest absolute Gasteiger partial charge is 0.375 e. The van der Waals surface area contributed by atoms with Crippen molar-refractivity contribution in [2.75, 3.05) is 6.61 Å². The minimum atomic E-state index is 0.465. The molecule has 0 aliphatic carbocycles. The highest BCUT2D eigenvalue weighted by atomic mass is 127. The summed E-state index contributed by atoms with van der Waals surface area (Å²) in [5.74, 6) is 0.578. The van der Waals surface area contributed by atoms with Crippen LogP contribution in [0.4, 0.5) is 0 Å². The molecule has 92 valence electrons. The van der Waals surface area contributed by atoms with Gasteiger partial charge in [0.1, 0.15) is 5.69 Å². The summed E-state index contributed by atoms with van der Waals surface area (Å²) < 4.78 is 8.84. The molecule has 1 rings (SSSR count). The minimum Gasteiger partial charge on any atom is -0.375 e. The Labute approximate surface area is 112 Å². The number of halogens is 1. The van der Waals surface area contributed by atoms with Crippen LogP contribution >= 0.6 is 22.6 Å². The maximum absolute atomic E-state index is 5.61. The van der Waals surface area contributed by atoms with E-state index in [4.69, 9.17) is 4.74 Å². The summed E-state index contributed by atoms with van der Waals surface area (Å²) in [5.41, 5.74) is 1.06. The molecule has 1 aromatic rings. The van der Waals surface area contributed by atoms with E-state index in [-0.39, 0.29) is 0 Å². The number of ether oxygens (including phenoxy) is 1. The quantitative estimate of drug-likeness (QED) is 0.742. The molecule has 0 N–H and O–H groups in total. The van der Waals surface area contributed by atoms with Crippen LogP contribution in [0.2, 0.25) is 0 Å². The molecule has 0 amide bonds. The van der Waals surface area contributed by atoms with Crippen molar-refractivity contribution in [2.24, 2.45) is 5.92 Å². The molecule has 0 saturated carbocycles. The molecule has 3 nitrogen and oxygen atoms in total. The summed E-state index contributed by atoms with van der Waals surface area (Å²) in [6, 6.07) is 0.465. The number of nitrogens with zero attached hydrogens (tertiary/aromatic N) is 2. The van der Waals surface area contributed by atoms with Crippen LogP contribution in [-0.4, -0.2) is 16.4 Å². The summed E-state index contributed by atoms with van der Waals surface area (Å²) in [4.78, 5) is 0. The van der Waals surface area contributed by atoms with Crippen molar-refractivity contribution in [3.05, 3.63) is 15.5 Å². The van der Waals surface area contributed by atoms with Gasteiger partial charge in [-0.05, 0) is 41.9 Å². The molecule has 1 unspecified atom stereocenters. The van der Waals surface area contributed by atoms with E-state index in [0.717, 1.165) is 18.7 Å². The molecule has 0 radical (unpaired) electrons. The maximum atomic E-state index is 5.61. The second-order valence-electron chi connectivity index (χ2n) is 4.57. The summed E-state index contributed by atoms with van der Waals surface area (Å²) in [5, 5.41) is 4.56. The van der Waals surface area contributed by atoms with Crippen molar-refractivity contribution in [1.82, 2.24) is 9.78 Å². The van der Waals surface area contributed by atoms with Gasteiger partial charge in [0.25, 0.3) is 0 Å². The minimum absolute atomic E-state index is 0.465. The van der Waals surface area contributed by atoms with E-state index in [9.17, 15) is 0 Å². The Morgan fingerprint density at radius 3 is 2.69 bits per heavy atom. The van der Waals surface area contributed by atoms with Gasteiger partial charge in [-0.25, -0.2) is 0 Å². The van der Waals surface area contributed by atoms with Crippen LogP contribution in [0, 0.1) is 9.49 Å². The first-order chi connectivity index (χ1) is 7.54.